The second-order valence-corrected chi connectivity index (χ2v) is 4.83. The fraction of sp³-hybridized carbons (Fsp3) is 0.455. The number of thioether (sulfide) groups is 1. The van der Waals surface area contributed by atoms with Crippen LogP contribution in [-0.2, 0) is 11.3 Å². The summed E-state index contributed by atoms with van der Waals surface area (Å²) in [6.45, 7) is 2.75. The highest BCUT2D eigenvalue weighted by Gasteiger charge is 2.19. The number of rotatable bonds is 4. The van der Waals surface area contributed by atoms with Crippen molar-refractivity contribution in [2.45, 2.75) is 16.7 Å². The minimum atomic E-state index is 0.671. The van der Waals surface area contributed by atoms with E-state index in [4.69, 9.17) is 4.74 Å². The Hall–Kier alpha value is -0.510. The van der Waals surface area contributed by atoms with Gasteiger partial charge in [-0.3, -0.25) is 0 Å². The minimum Gasteiger partial charge on any atom is -0.379 e. The molecule has 1 aromatic carbocycles. The molecule has 0 aromatic heterocycles. The molecule has 0 radical (unpaired) electrons. The van der Waals surface area contributed by atoms with Gasteiger partial charge in [0.05, 0.1) is 18.5 Å². The quantitative estimate of drug-likeness (QED) is 0.818. The number of nitrogens with one attached hydrogen (secondary N) is 1. The van der Waals surface area contributed by atoms with Gasteiger partial charge < -0.3 is 10.1 Å². The lowest BCUT2D eigenvalue weighted by Crippen LogP contribution is -2.29. The summed E-state index contributed by atoms with van der Waals surface area (Å²) < 4.78 is 5.14. The van der Waals surface area contributed by atoms with Crippen molar-refractivity contribution >= 4 is 11.8 Å². The minimum absolute atomic E-state index is 0.671. The molecule has 0 saturated carbocycles. The first-order valence-corrected chi connectivity index (χ1v) is 5.74. The highest BCUT2D eigenvalue weighted by molar-refractivity contribution is 8.00. The second-order valence-electron chi connectivity index (χ2n) is 3.45. The predicted molar refractivity (Wildman–Crippen MR) is 59.7 cm³/mol. The normalized spacial score (nSPS) is 16.6. The van der Waals surface area contributed by atoms with Crippen LogP contribution in [0.25, 0.3) is 0 Å². The van der Waals surface area contributed by atoms with E-state index in [2.05, 4.69) is 29.6 Å². The van der Waals surface area contributed by atoms with Crippen LogP contribution >= 0.6 is 11.8 Å². The summed E-state index contributed by atoms with van der Waals surface area (Å²) in [6.07, 6.45) is 0. The molecule has 0 unspecified atom stereocenters. The molecule has 3 heteroatoms. The van der Waals surface area contributed by atoms with E-state index in [0.29, 0.717) is 5.25 Å². The zero-order chi connectivity index (χ0) is 9.80. The maximum atomic E-state index is 5.14. The maximum absolute atomic E-state index is 5.14. The number of hydrogen-bond acceptors (Lipinski definition) is 3. The standard InChI is InChI=1S/C11H15NOS/c1-12-6-9-2-4-10(5-3-9)14-11-7-13-8-11/h2-5,11-12H,6-8H2,1H3. The van der Waals surface area contributed by atoms with E-state index >= 15 is 0 Å². The van der Waals surface area contributed by atoms with Crippen molar-refractivity contribution in [2.24, 2.45) is 0 Å². The van der Waals surface area contributed by atoms with Crippen molar-refractivity contribution in [3.05, 3.63) is 29.8 Å². The van der Waals surface area contributed by atoms with Crippen molar-refractivity contribution in [2.75, 3.05) is 20.3 Å². The highest BCUT2D eigenvalue weighted by Crippen LogP contribution is 2.27. The van der Waals surface area contributed by atoms with Crippen LogP contribution in [0.3, 0.4) is 0 Å². The molecule has 1 N–H and O–H groups in total. The molecule has 2 nitrogen and oxygen atoms in total. The topological polar surface area (TPSA) is 21.3 Å². The average molecular weight is 209 g/mol. The number of hydrogen-bond donors (Lipinski definition) is 1. The fourth-order valence-electron chi connectivity index (χ4n) is 1.36. The summed E-state index contributed by atoms with van der Waals surface area (Å²) >= 11 is 1.91. The van der Waals surface area contributed by atoms with E-state index in [-0.39, 0.29) is 0 Å². The summed E-state index contributed by atoms with van der Waals surface area (Å²) in [5.41, 5.74) is 1.33. The molecule has 1 aliphatic heterocycles. The smallest absolute Gasteiger partial charge is 0.0611 e. The van der Waals surface area contributed by atoms with E-state index in [0.717, 1.165) is 19.8 Å². The zero-order valence-electron chi connectivity index (χ0n) is 8.32. The van der Waals surface area contributed by atoms with Gasteiger partial charge in [-0.15, -0.1) is 11.8 Å². The predicted octanol–water partition coefficient (Wildman–Crippen LogP) is 1.90. The van der Waals surface area contributed by atoms with Gasteiger partial charge in [0.2, 0.25) is 0 Å². The Kier molecular flexibility index (Phi) is 3.45. The molecule has 0 bridgehead atoms. The van der Waals surface area contributed by atoms with Crippen LogP contribution in [0.5, 0.6) is 0 Å². The lowest BCUT2D eigenvalue weighted by atomic mass is 10.2. The van der Waals surface area contributed by atoms with Crippen LogP contribution in [0.2, 0.25) is 0 Å². The first kappa shape index (κ1) is 10.0. The molecular formula is C11H15NOS. The van der Waals surface area contributed by atoms with Crippen molar-refractivity contribution in [3.63, 3.8) is 0 Å². The van der Waals surface area contributed by atoms with Gasteiger partial charge in [-0.05, 0) is 24.7 Å². The Labute approximate surface area is 89.0 Å². The van der Waals surface area contributed by atoms with Gasteiger partial charge >= 0.3 is 0 Å². The lowest BCUT2D eigenvalue weighted by Gasteiger charge is -2.25. The van der Waals surface area contributed by atoms with Crippen molar-refractivity contribution in [1.82, 2.24) is 5.32 Å². The molecule has 2 rings (SSSR count). The molecule has 0 spiro atoms. The largest absolute Gasteiger partial charge is 0.379 e. The third-order valence-electron chi connectivity index (χ3n) is 2.21. The average Bonchev–Trinajstić information content (AvgIpc) is 2.14. The van der Waals surface area contributed by atoms with Crippen molar-refractivity contribution in [3.8, 4) is 0 Å². The molecule has 0 amide bonds. The van der Waals surface area contributed by atoms with Crippen molar-refractivity contribution in [1.29, 1.82) is 0 Å². The molecule has 1 aliphatic rings. The molecule has 0 atom stereocenters. The van der Waals surface area contributed by atoms with Crippen LogP contribution < -0.4 is 5.32 Å². The Morgan fingerprint density at radius 3 is 2.57 bits per heavy atom. The van der Waals surface area contributed by atoms with Crippen molar-refractivity contribution < 1.29 is 4.74 Å². The van der Waals surface area contributed by atoms with Crippen LogP contribution in [-0.4, -0.2) is 25.5 Å². The first-order valence-electron chi connectivity index (χ1n) is 4.86. The van der Waals surface area contributed by atoms with Gasteiger partial charge in [0.25, 0.3) is 0 Å². The summed E-state index contributed by atoms with van der Waals surface area (Å²) in [4.78, 5) is 1.35. The maximum Gasteiger partial charge on any atom is 0.0611 e. The Morgan fingerprint density at radius 2 is 2.07 bits per heavy atom. The molecule has 14 heavy (non-hydrogen) atoms. The first-order chi connectivity index (χ1) is 6.88. The molecule has 1 fully saturated rings. The van der Waals surface area contributed by atoms with Gasteiger partial charge in [-0.25, -0.2) is 0 Å². The van der Waals surface area contributed by atoms with E-state index < -0.39 is 0 Å². The van der Waals surface area contributed by atoms with Gasteiger partial charge in [0.1, 0.15) is 0 Å². The molecule has 1 heterocycles. The number of ether oxygens (including phenoxy) is 1. The van der Waals surface area contributed by atoms with E-state index in [9.17, 15) is 0 Å². The SMILES string of the molecule is CNCc1ccc(SC2COC2)cc1. The third-order valence-corrected chi connectivity index (χ3v) is 3.36. The Balaban J connectivity index is 1.91. The lowest BCUT2D eigenvalue weighted by molar-refractivity contribution is 0.0455. The van der Waals surface area contributed by atoms with Crippen LogP contribution in [0.4, 0.5) is 0 Å². The summed E-state index contributed by atoms with van der Waals surface area (Å²) in [5, 5.41) is 3.81. The summed E-state index contributed by atoms with van der Waals surface area (Å²) in [7, 11) is 1.97. The highest BCUT2D eigenvalue weighted by atomic mass is 32.2. The Bertz CT molecular complexity index is 282. The van der Waals surface area contributed by atoms with Gasteiger partial charge in [-0.1, -0.05) is 12.1 Å². The third kappa shape index (κ3) is 2.50. The van der Waals surface area contributed by atoms with Crippen LogP contribution in [0.1, 0.15) is 5.56 Å². The molecule has 1 aromatic rings. The van der Waals surface area contributed by atoms with E-state index in [1.807, 2.05) is 18.8 Å². The van der Waals surface area contributed by atoms with Crippen LogP contribution in [0.15, 0.2) is 29.2 Å². The van der Waals surface area contributed by atoms with Gasteiger partial charge in [0.15, 0.2) is 0 Å². The molecule has 1 saturated heterocycles. The zero-order valence-corrected chi connectivity index (χ0v) is 9.14. The van der Waals surface area contributed by atoms with Gasteiger partial charge in [0, 0.05) is 11.4 Å². The summed E-state index contributed by atoms with van der Waals surface area (Å²) in [6, 6.07) is 8.74. The van der Waals surface area contributed by atoms with Gasteiger partial charge in [-0.2, -0.15) is 0 Å². The molecular weight excluding hydrogens is 194 g/mol. The summed E-state index contributed by atoms with van der Waals surface area (Å²) in [5.74, 6) is 0. The van der Waals surface area contributed by atoms with Crippen LogP contribution in [0, 0.1) is 0 Å². The molecule has 0 aliphatic carbocycles. The Morgan fingerprint density at radius 1 is 1.36 bits per heavy atom. The fourth-order valence-corrected chi connectivity index (χ4v) is 2.37. The second kappa shape index (κ2) is 4.82. The molecule has 76 valence electrons. The monoisotopic (exact) mass is 209 g/mol. The van der Waals surface area contributed by atoms with E-state index in [1.54, 1.807) is 0 Å². The van der Waals surface area contributed by atoms with E-state index in [1.165, 1.54) is 10.5 Å². The number of benzene rings is 1.